The molecule has 0 aliphatic heterocycles. The van der Waals surface area contributed by atoms with Crippen LogP contribution in [0.1, 0.15) is 0 Å². The minimum atomic E-state index is 0.411. The third-order valence-electron chi connectivity index (χ3n) is 2.61. The van der Waals surface area contributed by atoms with E-state index in [0.717, 1.165) is 16.0 Å². The zero-order valence-electron chi connectivity index (χ0n) is 10.5. The molecule has 2 heterocycles. The number of benzene rings is 1. The van der Waals surface area contributed by atoms with E-state index in [4.69, 9.17) is 21.1 Å². The first-order valence-electron chi connectivity index (χ1n) is 6.02. The van der Waals surface area contributed by atoms with Crippen LogP contribution in [0.4, 0.5) is 0 Å². The Labute approximate surface area is 125 Å². The van der Waals surface area contributed by atoms with Gasteiger partial charge in [0.1, 0.15) is 30.1 Å². The van der Waals surface area contributed by atoms with Crippen molar-refractivity contribution in [3.8, 4) is 11.6 Å². The average molecular weight is 307 g/mol. The largest absolute Gasteiger partial charge is 0.490 e. The summed E-state index contributed by atoms with van der Waals surface area (Å²) in [6, 6.07) is 9.22. The summed E-state index contributed by atoms with van der Waals surface area (Å²) in [7, 11) is 0. The first kappa shape index (κ1) is 13.1. The van der Waals surface area contributed by atoms with Crippen LogP contribution < -0.4 is 9.47 Å². The third-order valence-corrected chi connectivity index (χ3v) is 3.67. The van der Waals surface area contributed by atoms with Crippen LogP contribution >= 0.6 is 22.9 Å². The summed E-state index contributed by atoms with van der Waals surface area (Å²) in [5.41, 5.74) is 0. The highest BCUT2D eigenvalue weighted by Crippen LogP contribution is 2.25. The van der Waals surface area contributed by atoms with E-state index in [0.29, 0.717) is 24.1 Å². The van der Waals surface area contributed by atoms with Crippen molar-refractivity contribution in [2.24, 2.45) is 0 Å². The minimum Gasteiger partial charge on any atom is -0.490 e. The van der Waals surface area contributed by atoms with E-state index in [1.165, 1.54) is 6.33 Å². The number of rotatable bonds is 5. The molecular weight excluding hydrogens is 296 g/mol. The maximum absolute atomic E-state index is 5.88. The van der Waals surface area contributed by atoms with Crippen LogP contribution in [0, 0.1) is 0 Å². The van der Waals surface area contributed by atoms with Gasteiger partial charge in [-0.15, -0.1) is 11.3 Å². The van der Waals surface area contributed by atoms with Gasteiger partial charge in [-0.1, -0.05) is 17.7 Å². The van der Waals surface area contributed by atoms with Crippen molar-refractivity contribution in [2.45, 2.75) is 0 Å². The van der Waals surface area contributed by atoms with Gasteiger partial charge in [-0.25, -0.2) is 9.97 Å². The molecule has 0 fully saturated rings. The molecule has 0 radical (unpaired) electrons. The summed E-state index contributed by atoms with van der Waals surface area (Å²) in [6.07, 6.45) is 1.51. The quantitative estimate of drug-likeness (QED) is 0.673. The molecule has 0 unspecified atom stereocenters. The highest BCUT2D eigenvalue weighted by molar-refractivity contribution is 7.16. The van der Waals surface area contributed by atoms with E-state index in [9.17, 15) is 0 Å². The molecule has 0 aliphatic carbocycles. The van der Waals surface area contributed by atoms with Crippen LogP contribution in [0.25, 0.3) is 10.2 Å². The molecule has 6 heteroatoms. The molecule has 3 aromatic rings. The molecule has 20 heavy (non-hydrogen) atoms. The van der Waals surface area contributed by atoms with E-state index in [-0.39, 0.29) is 0 Å². The predicted octanol–water partition coefficient (Wildman–Crippen LogP) is 3.80. The van der Waals surface area contributed by atoms with Crippen molar-refractivity contribution in [2.75, 3.05) is 13.2 Å². The van der Waals surface area contributed by atoms with E-state index in [1.54, 1.807) is 23.5 Å². The summed E-state index contributed by atoms with van der Waals surface area (Å²) < 4.78 is 11.2. The second-order valence-electron chi connectivity index (χ2n) is 3.97. The highest BCUT2D eigenvalue weighted by Gasteiger charge is 2.05. The molecule has 3 rings (SSSR count). The lowest BCUT2D eigenvalue weighted by molar-refractivity contribution is 0.213. The number of aromatic nitrogens is 2. The molecule has 0 saturated heterocycles. The van der Waals surface area contributed by atoms with Crippen molar-refractivity contribution in [3.05, 3.63) is 47.1 Å². The van der Waals surface area contributed by atoms with Crippen molar-refractivity contribution < 1.29 is 9.47 Å². The molecule has 102 valence electrons. The Hall–Kier alpha value is -1.85. The molecule has 0 spiro atoms. The molecule has 0 atom stereocenters. The maximum Gasteiger partial charge on any atom is 0.225 e. The molecule has 0 amide bonds. The number of hydrogen-bond donors (Lipinski definition) is 0. The summed E-state index contributed by atoms with van der Waals surface area (Å²) in [5, 5.41) is 3.55. The normalized spacial score (nSPS) is 10.7. The summed E-state index contributed by atoms with van der Waals surface area (Å²) in [4.78, 5) is 9.23. The SMILES string of the molecule is Clc1cccc(OCCOc2ncnc3sccc23)c1. The number of halogens is 1. The fourth-order valence-electron chi connectivity index (χ4n) is 1.74. The Morgan fingerprint density at radius 1 is 1.10 bits per heavy atom. The number of ether oxygens (including phenoxy) is 2. The second-order valence-corrected chi connectivity index (χ2v) is 5.30. The van der Waals surface area contributed by atoms with Gasteiger partial charge in [0.05, 0.1) is 5.39 Å². The zero-order chi connectivity index (χ0) is 13.8. The van der Waals surface area contributed by atoms with Crippen molar-refractivity contribution in [3.63, 3.8) is 0 Å². The van der Waals surface area contributed by atoms with Crippen LogP contribution in [0.2, 0.25) is 5.02 Å². The number of fused-ring (bicyclic) bond motifs is 1. The lowest BCUT2D eigenvalue weighted by Gasteiger charge is -2.08. The summed E-state index contributed by atoms with van der Waals surface area (Å²) >= 11 is 7.44. The lowest BCUT2D eigenvalue weighted by Crippen LogP contribution is -2.09. The van der Waals surface area contributed by atoms with Crippen molar-refractivity contribution >= 4 is 33.2 Å². The minimum absolute atomic E-state index is 0.411. The molecule has 0 N–H and O–H groups in total. The third kappa shape index (κ3) is 3.00. The van der Waals surface area contributed by atoms with Crippen LogP contribution in [0.5, 0.6) is 11.6 Å². The summed E-state index contributed by atoms with van der Waals surface area (Å²) in [5.74, 6) is 1.32. The van der Waals surface area contributed by atoms with E-state index < -0.39 is 0 Å². The predicted molar refractivity (Wildman–Crippen MR) is 79.9 cm³/mol. The number of nitrogens with zero attached hydrogens (tertiary/aromatic N) is 2. The van der Waals surface area contributed by atoms with Crippen molar-refractivity contribution in [1.82, 2.24) is 9.97 Å². The highest BCUT2D eigenvalue weighted by atomic mass is 35.5. The molecule has 0 aliphatic rings. The Bertz CT molecular complexity index is 717. The van der Waals surface area contributed by atoms with E-state index >= 15 is 0 Å². The molecule has 0 saturated carbocycles. The maximum atomic E-state index is 5.88. The topological polar surface area (TPSA) is 44.2 Å². The first-order valence-corrected chi connectivity index (χ1v) is 7.28. The standard InChI is InChI=1S/C14H11ClN2O2S/c15-10-2-1-3-11(8-10)18-5-6-19-13-12-4-7-20-14(12)17-9-16-13/h1-4,7-9H,5-6H2. The van der Waals surface area contributed by atoms with Gasteiger partial charge in [-0.2, -0.15) is 0 Å². The Kier molecular flexibility index (Phi) is 3.99. The molecule has 4 nitrogen and oxygen atoms in total. The average Bonchev–Trinajstić information content (AvgIpc) is 2.93. The van der Waals surface area contributed by atoms with Crippen LogP contribution in [-0.4, -0.2) is 23.2 Å². The monoisotopic (exact) mass is 306 g/mol. The Morgan fingerprint density at radius 3 is 2.90 bits per heavy atom. The Balaban J connectivity index is 1.56. The van der Waals surface area contributed by atoms with Crippen LogP contribution in [0.15, 0.2) is 42.0 Å². The van der Waals surface area contributed by atoms with Gasteiger partial charge in [0.15, 0.2) is 0 Å². The van der Waals surface area contributed by atoms with E-state index in [2.05, 4.69) is 9.97 Å². The summed E-state index contributed by atoms with van der Waals surface area (Å²) in [6.45, 7) is 0.838. The Morgan fingerprint density at radius 2 is 2.00 bits per heavy atom. The van der Waals surface area contributed by atoms with Crippen LogP contribution in [-0.2, 0) is 0 Å². The smallest absolute Gasteiger partial charge is 0.225 e. The van der Waals surface area contributed by atoms with Gasteiger partial charge >= 0.3 is 0 Å². The number of hydrogen-bond acceptors (Lipinski definition) is 5. The van der Waals surface area contributed by atoms with Gasteiger partial charge < -0.3 is 9.47 Å². The molecular formula is C14H11ClN2O2S. The second kappa shape index (κ2) is 6.07. The first-order chi connectivity index (χ1) is 9.83. The lowest BCUT2D eigenvalue weighted by atomic mass is 10.3. The van der Waals surface area contributed by atoms with Gasteiger partial charge in [-0.05, 0) is 29.6 Å². The van der Waals surface area contributed by atoms with Gasteiger partial charge in [0, 0.05) is 5.02 Å². The van der Waals surface area contributed by atoms with Crippen LogP contribution in [0.3, 0.4) is 0 Å². The fourth-order valence-corrected chi connectivity index (χ4v) is 2.64. The fraction of sp³-hybridized carbons (Fsp3) is 0.143. The van der Waals surface area contributed by atoms with Gasteiger partial charge in [0.25, 0.3) is 0 Å². The van der Waals surface area contributed by atoms with E-state index in [1.807, 2.05) is 23.6 Å². The molecule has 1 aromatic carbocycles. The zero-order valence-corrected chi connectivity index (χ0v) is 12.0. The molecule has 2 aromatic heterocycles. The number of thiophene rings is 1. The van der Waals surface area contributed by atoms with Gasteiger partial charge in [-0.3, -0.25) is 0 Å². The van der Waals surface area contributed by atoms with Gasteiger partial charge in [0.2, 0.25) is 5.88 Å². The molecule has 0 bridgehead atoms. The van der Waals surface area contributed by atoms with Crippen molar-refractivity contribution in [1.29, 1.82) is 0 Å².